The van der Waals surface area contributed by atoms with Gasteiger partial charge in [-0.15, -0.1) is 0 Å². The third-order valence-corrected chi connectivity index (χ3v) is 7.73. The van der Waals surface area contributed by atoms with Gasteiger partial charge in [-0.25, -0.2) is 8.42 Å². The van der Waals surface area contributed by atoms with Crippen LogP contribution in [0.15, 0.2) is 36.4 Å². The van der Waals surface area contributed by atoms with Crippen molar-refractivity contribution in [3.8, 4) is 5.75 Å². The van der Waals surface area contributed by atoms with Gasteiger partial charge in [0.05, 0.1) is 28.2 Å². The van der Waals surface area contributed by atoms with Crippen LogP contribution in [0, 0.1) is 0 Å². The number of carbonyl (C=O) groups is 1. The van der Waals surface area contributed by atoms with Crippen molar-refractivity contribution in [2.45, 2.75) is 38.8 Å². The van der Waals surface area contributed by atoms with Gasteiger partial charge in [0.15, 0.2) is 15.6 Å². The molecule has 0 saturated carbocycles. The number of carbonyl (C=O) groups excluding carboxylic acids is 1. The number of sulfone groups is 1. The van der Waals surface area contributed by atoms with E-state index in [9.17, 15) is 13.2 Å². The van der Waals surface area contributed by atoms with E-state index in [0.717, 1.165) is 18.4 Å². The van der Waals surface area contributed by atoms with E-state index in [4.69, 9.17) is 39.5 Å². The summed E-state index contributed by atoms with van der Waals surface area (Å²) in [5.74, 6) is 0.0155. The van der Waals surface area contributed by atoms with Gasteiger partial charge in [-0.3, -0.25) is 4.79 Å². The van der Waals surface area contributed by atoms with E-state index in [-0.39, 0.29) is 39.6 Å². The van der Waals surface area contributed by atoms with Crippen LogP contribution in [0.5, 0.6) is 5.75 Å². The number of nitrogens with zero attached hydrogens (tertiary/aromatic N) is 1. The molecule has 3 rings (SSSR count). The predicted molar refractivity (Wildman–Crippen MR) is 125 cm³/mol. The minimum atomic E-state index is -3.18. The number of hydrogen-bond acceptors (Lipinski definition) is 4. The highest BCUT2D eigenvalue weighted by molar-refractivity contribution is 7.91. The molecule has 168 valence electrons. The summed E-state index contributed by atoms with van der Waals surface area (Å²) in [6.07, 6.45) is 2.22. The number of amides is 1. The first-order chi connectivity index (χ1) is 14.7. The van der Waals surface area contributed by atoms with Gasteiger partial charge in [0.1, 0.15) is 0 Å². The van der Waals surface area contributed by atoms with Crippen LogP contribution in [0.4, 0.5) is 0 Å². The maximum atomic E-state index is 13.4. The molecule has 0 radical (unpaired) electrons. The molecule has 1 unspecified atom stereocenters. The fraction of sp³-hybridized carbons (Fsp3) is 0.409. The van der Waals surface area contributed by atoms with Crippen molar-refractivity contribution in [2.75, 3.05) is 18.1 Å². The maximum Gasteiger partial charge on any atom is 0.254 e. The molecule has 0 bridgehead atoms. The first-order valence-electron chi connectivity index (χ1n) is 10.1. The SMILES string of the molecule is CCCCOc1c(Cl)cc(C(=O)N(Cc2ccc(Cl)cc2)C2CCS(=O)(=O)C2)cc1Cl. The Morgan fingerprint density at radius 1 is 1.13 bits per heavy atom. The van der Waals surface area contributed by atoms with Gasteiger partial charge in [0, 0.05) is 23.2 Å². The molecule has 1 aliphatic rings. The van der Waals surface area contributed by atoms with Crippen LogP contribution in [0.3, 0.4) is 0 Å². The van der Waals surface area contributed by atoms with Gasteiger partial charge in [-0.1, -0.05) is 60.3 Å². The van der Waals surface area contributed by atoms with E-state index in [1.54, 1.807) is 17.0 Å². The van der Waals surface area contributed by atoms with Gasteiger partial charge in [-0.05, 0) is 42.7 Å². The van der Waals surface area contributed by atoms with E-state index in [0.29, 0.717) is 23.8 Å². The van der Waals surface area contributed by atoms with Crippen molar-refractivity contribution in [1.29, 1.82) is 0 Å². The van der Waals surface area contributed by atoms with Crippen molar-refractivity contribution in [1.82, 2.24) is 4.90 Å². The first-order valence-corrected chi connectivity index (χ1v) is 13.0. The van der Waals surface area contributed by atoms with Gasteiger partial charge in [0.2, 0.25) is 0 Å². The van der Waals surface area contributed by atoms with Crippen LogP contribution in [-0.2, 0) is 16.4 Å². The lowest BCUT2D eigenvalue weighted by atomic mass is 10.1. The molecule has 0 aliphatic carbocycles. The molecule has 0 aromatic heterocycles. The smallest absolute Gasteiger partial charge is 0.254 e. The average Bonchev–Trinajstić information content (AvgIpc) is 3.08. The van der Waals surface area contributed by atoms with Crippen molar-refractivity contribution in [2.24, 2.45) is 0 Å². The van der Waals surface area contributed by atoms with Crippen LogP contribution in [-0.4, -0.2) is 43.4 Å². The Bertz CT molecular complexity index is 1020. The highest BCUT2D eigenvalue weighted by Crippen LogP contribution is 2.35. The summed E-state index contributed by atoms with van der Waals surface area (Å²) >= 11 is 18.7. The van der Waals surface area contributed by atoms with Crippen LogP contribution in [0.25, 0.3) is 0 Å². The zero-order chi connectivity index (χ0) is 22.6. The highest BCUT2D eigenvalue weighted by Gasteiger charge is 2.35. The lowest BCUT2D eigenvalue weighted by molar-refractivity contribution is 0.0681. The predicted octanol–water partition coefficient (Wildman–Crippen LogP) is 5.66. The Labute approximate surface area is 198 Å². The molecule has 2 aromatic carbocycles. The molecule has 5 nitrogen and oxygen atoms in total. The quantitative estimate of drug-likeness (QED) is 0.435. The third-order valence-electron chi connectivity index (χ3n) is 5.17. The molecule has 31 heavy (non-hydrogen) atoms. The Morgan fingerprint density at radius 3 is 2.32 bits per heavy atom. The molecule has 1 amide bonds. The average molecular weight is 505 g/mol. The molecule has 2 aromatic rings. The van der Waals surface area contributed by atoms with Gasteiger partial charge < -0.3 is 9.64 Å². The Hall–Kier alpha value is -1.47. The minimum Gasteiger partial charge on any atom is -0.490 e. The Balaban J connectivity index is 1.89. The van der Waals surface area contributed by atoms with Crippen molar-refractivity contribution in [3.05, 3.63) is 62.6 Å². The summed E-state index contributed by atoms with van der Waals surface area (Å²) in [7, 11) is -3.18. The summed E-state index contributed by atoms with van der Waals surface area (Å²) in [5.41, 5.74) is 1.13. The van der Waals surface area contributed by atoms with Crippen molar-refractivity contribution < 1.29 is 17.9 Å². The maximum absolute atomic E-state index is 13.4. The summed E-state index contributed by atoms with van der Waals surface area (Å²) < 4.78 is 29.8. The van der Waals surface area contributed by atoms with Crippen LogP contribution in [0.2, 0.25) is 15.1 Å². The molecule has 1 atom stereocenters. The molecular formula is C22H24Cl3NO4S. The lowest BCUT2D eigenvalue weighted by Gasteiger charge is -2.29. The molecule has 9 heteroatoms. The number of halogens is 3. The van der Waals surface area contributed by atoms with Gasteiger partial charge in [-0.2, -0.15) is 0 Å². The molecule has 1 fully saturated rings. The second-order valence-corrected chi connectivity index (χ2v) is 11.1. The molecule has 1 saturated heterocycles. The third kappa shape index (κ3) is 6.28. The molecule has 0 N–H and O–H groups in total. The fourth-order valence-electron chi connectivity index (χ4n) is 3.48. The van der Waals surface area contributed by atoms with Gasteiger partial charge in [0.25, 0.3) is 5.91 Å². The Kier molecular flexibility index (Phi) is 8.14. The topological polar surface area (TPSA) is 63.7 Å². The number of hydrogen-bond donors (Lipinski definition) is 0. The molecule has 0 spiro atoms. The highest BCUT2D eigenvalue weighted by atomic mass is 35.5. The zero-order valence-corrected chi connectivity index (χ0v) is 20.2. The summed E-state index contributed by atoms with van der Waals surface area (Å²) in [4.78, 5) is 15.0. The van der Waals surface area contributed by atoms with E-state index < -0.39 is 15.9 Å². The van der Waals surface area contributed by atoms with Crippen molar-refractivity contribution >= 4 is 50.5 Å². The standard InChI is InChI=1S/C22H24Cl3NO4S/c1-2-3-9-30-21-19(24)11-16(12-20(21)25)22(27)26(18-8-10-31(28,29)14-18)13-15-4-6-17(23)7-5-15/h4-7,11-12,18H,2-3,8-10,13-14H2,1H3. The van der Waals surface area contributed by atoms with Crippen molar-refractivity contribution in [3.63, 3.8) is 0 Å². The zero-order valence-electron chi connectivity index (χ0n) is 17.1. The number of ether oxygens (including phenoxy) is 1. The van der Waals surface area contributed by atoms with Crippen LogP contribution >= 0.6 is 34.8 Å². The van der Waals surface area contributed by atoms with E-state index >= 15 is 0 Å². The largest absolute Gasteiger partial charge is 0.490 e. The number of rotatable bonds is 8. The normalized spacial score (nSPS) is 17.5. The summed E-state index contributed by atoms with van der Waals surface area (Å²) in [6, 6.07) is 9.73. The minimum absolute atomic E-state index is 0.0633. The van der Waals surface area contributed by atoms with Crippen LogP contribution < -0.4 is 4.74 Å². The second kappa shape index (κ2) is 10.4. The first kappa shape index (κ1) is 24.2. The van der Waals surface area contributed by atoms with E-state index in [2.05, 4.69) is 0 Å². The second-order valence-electron chi connectivity index (χ2n) is 7.59. The molecular weight excluding hydrogens is 481 g/mol. The number of benzene rings is 2. The number of unbranched alkanes of at least 4 members (excludes halogenated alkanes) is 1. The van der Waals surface area contributed by atoms with Crippen LogP contribution in [0.1, 0.15) is 42.1 Å². The fourth-order valence-corrected chi connectivity index (χ4v) is 5.93. The Morgan fingerprint density at radius 2 is 1.77 bits per heavy atom. The van der Waals surface area contributed by atoms with Gasteiger partial charge >= 0.3 is 0 Å². The van der Waals surface area contributed by atoms with E-state index in [1.807, 2.05) is 19.1 Å². The molecule has 1 aliphatic heterocycles. The monoisotopic (exact) mass is 503 g/mol. The summed E-state index contributed by atoms with van der Waals surface area (Å²) in [5, 5.41) is 1.08. The summed E-state index contributed by atoms with van der Waals surface area (Å²) in [6.45, 7) is 2.78. The van der Waals surface area contributed by atoms with E-state index in [1.165, 1.54) is 12.1 Å². The lowest BCUT2D eigenvalue weighted by Crippen LogP contribution is -2.40. The molecule has 1 heterocycles.